The Morgan fingerprint density at radius 2 is 0.943 bits per heavy atom. The number of hydrogen-bond acceptors (Lipinski definition) is 1. The van der Waals surface area contributed by atoms with Crippen molar-refractivity contribution in [1.29, 1.82) is 0 Å². The number of unbranched alkanes of at least 4 members (excludes halogenated alkanes) is 1. The van der Waals surface area contributed by atoms with Gasteiger partial charge in [-0.3, -0.25) is 4.79 Å². The maximum absolute atomic E-state index is 15.0. The van der Waals surface area contributed by atoms with E-state index in [-0.39, 0.29) is 11.2 Å². The molecule has 0 spiro atoms. The monoisotopic (exact) mass is 460 g/mol. The van der Waals surface area contributed by atoms with E-state index in [1.54, 1.807) is 0 Å². The number of carbonyl (C=O) groups excluding carboxylic acids is 1. The van der Waals surface area contributed by atoms with Crippen LogP contribution >= 0.6 is 0 Å². The number of ketones is 1. The van der Waals surface area contributed by atoms with Gasteiger partial charge in [0.25, 0.3) is 0 Å². The molecule has 1 heteroatoms. The highest BCUT2D eigenvalue weighted by molar-refractivity contribution is 5.98. The topological polar surface area (TPSA) is 17.1 Å². The summed E-state index contributed by atoms with van der Waals surface area (Å²) in [7, 11) is 0. The van der Waals surface area contributed by atoms with Gasteiger partial charge in [0, 0.05) is 11.8 Å². The molecular weight excluding hydrogens is 424 g/mol. The summed E-state index contributed by atoms with van der Waals surface area (Å²) in [6.45, 7) is 4.47. The number of benzene rings is 4. The SMILES string of the molecule is CCCCC(CC)(CC(=O)C(c1ccccc1)(c1ccccc1)c1ccccc1)c1ccccc1. The van der Waals surface area contributed by atoms with Gasteiger partial charge < -0.3 is 0 Å². The van der Waals surface area contributed by atoms with Crippen molar-refractivity contribution in [2.45, 2.75) is 56.8 Å². The quantitative estimate of drug-likeness (QED) is 0.205. The maximum Gasteiger partial charge on any atom is 0.153 e. The zero-order chi connectivity index (χ0) is 24.6. The van der Waals surface area contributed by atoms with Crippen LogP contribution in [0.1, 0.15) is 68.2 Å². The fourth-order valence-corrected chi connectivity index (χ4v) is 5.63. The van der Waals surface area contributed by atoms with Crippen molar-refractivity contribution in [3.8, 4) is 0 Å². The van der Waals surface area contributed by atoms with Crippen LogP contribution in [0.3, 0.4) is 0 Å². The zero-order valence-electron chi connectivity index (χ0n) is 21.0. The second-order valence-electron chi connectivity index (χ2n) is 9.55. The van der Waals surface area contributed by atoms with Gasteiger partial charge in [0.1, 0.15) is 5.41 Å². The van der Waals surface area contributed by atoms with Crippen molar-refractivity contribution in [1.82, 2.24) is 0 Å². The second-order valence-corrected chi connectivity index (χ2v) is 9.55. The Morgan fingerprint density at radius 3 is 1.29 bits per heavy atom. The first-order valence-electron chi connectivity index (χ1n) is 12.9. The van der Waals surface area contributed by atoms with Crippen LogP contribution in [0, 0.1) is 0 Å². The zero-order valence-corrected chi connectivity index (χ0v) is 21.0. The van der Waals surface area contributed by atoms with Crippen LogP contribution in [0.4, 0.5) is 0 Å². The van der Waals surface area contributed by atoms with Gasteiger partial charge in [-0.1, -0.05) is 148 Å². The van der Waals surface area contributed by atoms with E-state index in [1.165, 1.54) is 5.56 Å². The van der Waals surface area contributed by atoms with Gasteiger partial charge in [-0.05, 0) is 35.1 Å². The van der Waals surface area contributed by atoms with Gasteiger partial charge in [-0.2, -0.15) is 0 Å². The molecule has 4 aromatic carbocycles. The lowest BCUT2D eigenvalue weighted by atomic mass is 9.61. The van der Waals surface area contributed by atoms with E-state index in [0.29, 0.717) is 6.42 Å². The smallest absolute Gasteiger partial charge is 0.153 e. The maximum atomic E-state index is 15.0. The molecule has 0 fully saturated rings. The molecule has 1 nitrogen and oxygen atoms in total. The fourth-order valence-electron chi connectivity index (χ4n) is 5.63. The van der Waals surface area contributed by atoms with Gasteiger partial charge in [0.2, 0.25) is 0 Å². The molecule has 0 aliphatic rings. The largest absolute Gasteiger partial charge is 0.298 e. The first kappa shape index (κ1) is 24.7. The third-order valence-electron chi connectivity index (χ3n) is 7.61. The first-order valence-corrected chi connectivity index (χ1v) is 12.9. The van der Waals surface area contributed by atoms with Crippen LogP contribution in [-0.2, 0) is 15.6 Å². The lowest BCUT2D eigenvalue weighted by Crippen LogP contribution is -2.42. The van der Waals surface area contributed by atoms with Crippen LogP contribution < -0.4 is 0 Å². The Labute approximate surface area is 210 Å². The van der Waals surface area contributed by atoms with Crippen LogP contribution in [0.5, 0.6) is 0 Å². The highest BCUT2D eigenvalue weighted by Crippen LogP contribution is 2.45. The predicted octanol–water partition coefficient (Wildman–Crippen LogP) is 8.52. The summed E-state index contributed by atoms with van der Waals surface area (Å²) in [5, 5.41) is 0. The molecule has 0 aliphatic carbocycles. The Kier molecular flexibility index (Phi) is 7.98. The molecule has 0 aromatic heterocycles. The first-order chi connectivity index (χ1) is 17.2. The van der Waals surface area contributed by atoms with E-state index < -0.39 is 5.41 Å². The van der Waals surface area contributed by atoms with Crippen LogP contribution in [-0.4, -0.2) is 5.78 Å². The van der Waals surface area contributed by atoms with Crippen molar-refractivity contribution in [2.24, 2.45) is 0 Å². The minimum Gasteiger partial charge on any atom is -0.298 e. The lowest BCUT2D eigenvalue weighted by molar-refractivity contribution is -0.123. The number of rotatable bonds is 11. The Hall–Kier alpha value is -3.45. The molecule has 178 valence electrons. The molecule has 4 rings (SSSR count). The molecule has 0 N–H and O–H groups in total. The van der Waals surface area contributed by atoms with Crippen LogP contribution in [0.15, 0.2) is 121 Å². The average molecular weight is 461 g/mol. The Balaban J connectivity index is 1.95. The minimum absolute atomic E-state index is 0.196. The predicted molar refractivity (Wildman–Crippen MR) is 147 cm³/mol. The van der Waals surface area contributed by atoms with Gasteiger partial charge in [0.05, 0.1) is 0 Å². The lowest BCUT2D eigenvalue weighted by Gasteiger charge is -2.40. The summed E-state index contributed by atoms with van der Waals surface area (Å²) in [5.41, 5.74) is 3.28. The van der Waals surface area contributed by atoms with E-state index in [4.69, 9.17) is 0 Å². The minimum atomic E-state index is -0.870. The molecule has 1 atom stereocenters. The Morgan fingerprint density at radius 1 is 0.571 bits per heavy atom. The summed E-state index contributed by atoms with van der Waals surface area (Å²) in [5.74, 6) is 0.253. The van der Waals surface area contributed by atoms with Crippen LogP contribution in [0.2, 0.25) is 0 Å². The summed E-state index contributed by atoms with van der Waals surface area (Å²) in [4.78, 5) is 15.0. The van der Waals surface area contributed by atoms with E-state index in [1.807, 2.05) is 54.6 Å². The number of hydrogen-bond donors (Lipinski definition) is 0. The van der Waals surface area contributed by atoms with Crippen molar-refractivity contribution in [3.05, 3.63) is 144 Å². The second kappa shape index (κ2) is 11.3. The van der Waals surface area contributed by atoms with E-state index in [9.17, 15) is 4.79 Å². The third kappa shape index (κ3) is 4.86. The molecular formula is C34H36O. The molecule has 0 aliphatic heterocycles. The number of carbonyl (C=O) groups is 1. The fraction of sp³-hybridized carbons (Fsp3) is 0.265. The van der Waals surface area contributed by atoms with Gasteiger partial charge >= 0.3 is 0 Å². The summed E-state index contributed by atoms with van der Waals surface area (Å²) >= 11 is 0. The third-order valence-corrected chi connectivity index (χ3v) is 7.61. The Bertz CT molecular complexity index is 1090. The van der Waals surface area contributed by atoms with Crippen LogP contribution in [0.25, 0.3) is 0 Å². The molecule has 0 heterocycles. The number of Topliss-reactive ketones (excluding diaryl/α,β-unsaturated/α-hetero) is 1. The van der Waals surface area contributed by atoms with Gasteiger partial charge in [-0.15, -0.1) is 0 Å². The molecule has 1 unspecified atom stereocenters. The summed E-state index contributed by atoms with van der Waals surface area (Å²) < 4.78 is 0. The normalized spacial score (nSPS) is 13.2. The van der Waals surface area contributed by atoms with Gasteiger partial charge in [-0.25, -0.2) is 0 Å². The highest BCUT2D eigenvalue weighted by Gasteiger charge is 2.46. The highest BCUT2D eigenvalue weighted by atomic mass is 16.1. The standard InChI is InChI=1S/C34H36O/c1-3-5-26-33(4-2,28-18-10-6-11-19-28)27-32(35)34(29-20-12-7-13-21-29,30-22-14-8-15-23-30)31-24-16-9-17-25-31/h6-25H,3-5,26-27H2,1-2H3. The molecule has 0 bridgehead atoms. The molecule has 0 radical (unpaired) electrons. The molecule has 0 amide bonds. The average Bonchev–Trinajstić information content (AvgIpc) is 2.94. The van der Waals surface area contributed by atoms with E-state index in [2.05, 4.69) is 80.6 Å². The van der Waals surface area contributed by atoms with E-state index >= 15 is 0 Å². The van der Waals surface area contributed by atoms with Gasteiger partial charge in [0.15, 0.2) is 5.78 Å². The van der Waals surface area contributed by atoms with Crippen molar-refractivity contribution >= 4 is 5.78 Å². The van der Waals surface area contributed by atoms with Crippen molar-refractivity contribution in [2.75, 3.05) is 0 Å². The van der Waals surface area contributed by atoms with Crippen molar-refractivity contribution in [3.63, 3.8) is 0 Å². The molecule has 35 heavy (non-hydrogen) atoms. The van der Waals surface area contributed by atoms with E-state index in [0.717, 1.165) is 42.4 Å². The molecule has 0 saturated heterocycles. The molecule has 0 saturated carbocycles. The summed E-state index contributed by atoms with van der Waals surface area (Å²) in [6, 6.07) is 41.7. The van der Waals surface area contributed by atoms with Crippen molar-refractivity contribution < 1.29 is 4.79 Å². The summed E-state index contributed by atoms with van der Waals surface area (Å²) in [6.07, 6.45) is 4.64. The molecule has 4 aromatic rings.